The van der Waals surface area contributed by atoms with Gasteiger partial charge >= 0.3 is 0 Å². The molecule has 5 nitrogen and oxygen atoms in total. The number of benzene rings is 3. The van der Waals surface area contributed by atoms with Crippen LogP contribution in [0.1, 0.15) is 32.8 Å². The van der Waals surface area contributed by atoms with Crippen molar-refractivity contribution >= 4 is 22.4 Å². The van der Waals surface area contributed by atoms with Gasteiger partial charge in [0.2, 0.25) is 5.36 Å². The molecule has 1 aliphatic heterocycles. The molecule has 0 unspecified atom stereocenters. The minimum Gasteiger partial charge on any atom is -0.456 e. The maximum Gasteiger partial charge on any atom is 0.203 e. The molecule has 39 heavy (non-hydrogen) atoms. The highest BCUT2D eigenvalue weighted by molar-refractivity contribution is 6.02. The molecular weight excluding hydrogens is 482 g/mol. The minimum absolute atomic E-state index is 0.250. The van der Waals surface area contributed by atoms with E-state index in [4.69, 9.17) is 4.42 Å². The summed E-state index contributed by atoms with van der Waals surface area (Å²) < 4.78 is 9.33. The number of anilines is 1. The third-order valence-corrected chi connectivity index (χ3v) is 7.69. The van der Waals surface area contributed by atoms with Crippen molar-refractivity contribution in [2.45, 2.75) is 33.7 Å². The van der Waals surface area contributed by atoms with E-state index in [9.17, 15) is 4.79 Å². The molecule has 204 valence electrons. The van der Waals surface area contributed by atoms with Crippen LogP contribution in [0.2, 0.25) is 0 Å². The van der Waals surface area contributed by atoms with Gasteiger partial charge in [-0.05, 0) is 50.1 Å². The topological polar surface area (TPSA) is 36.5 Å². The van der Waals surface area contributed by atoms with E-state index in [0.29, 0.717) is 6.42 Å². The van der Waals surface area contributed by atoms with Gasteiger partial charge in [0.05, 0.1) is 33.1 Å². The van der Waals surface area contributed by atoms with Crippen molar-refractivity contribution in [2.75, 3.05) is 53.7 Å². The molecule has 0 bridgehead atoms. The Morgan fingerprint density at radius 2 is 1.62 bits per heavy atom. The summed E-state index contributed by atoms with van der Waals surface area (Å²) in [6, 6.07) is 21.8. The van der Waals surface area contributed by atoms with Crippen LogP contribution in [-0.4, -0.2) is 59.1 Å². The molecule has 1 heterocycles. The molecule has 0 N–H and O–H groups in total. The number of nitrogens with zero attached hydrogens (tertiary/aromatic N) is 3. The lowest BCUT2D eigenvalue weighted by Crippen LogP contribution is -2.40. The molecule has 0 spiro atoms. The second-order valence-corrected chi connectivity index (χ2v) is 11.9. The highest BCUT2D eigenvalue weighted by Gasteiger charge is 2.21. The zero-order chi connectivity index (χ0) is 28.5. The smallest absolute Gasteiger partial charge is 0.203 e. The molecule has 4 rings (SSSR count). The van der Waals surface area contributed by atoms with Gasteiger partial charge in [0.15, 0.2) is 5.78 Å². The fourth-order valence-corrected chi connectivity index (χ4v) is 4.96. The highest BCUT2D eigenvalue weighted by atomic mass is 16.3. The van der Waals surface area contributed by atoms with Crippen LogP contribution >= 0.6 is 0 Å². The number of carbonyl (C=O) groups excluding carboxylic acids is 1. The lowest BCUT2D eigenvalue weighted by atomic mass is 9.93. The number of rotatable bonds is 8. The lowest BCUT2D eigenvalue weighted by molar-refractivity contribution is -0.903. The normalized spacial score (nSPS) is 11.6. The first-order valence-corrected chi connectivity index (χ1v) is 13.6. The zero-order valence-electron chi connectivity index (χ0n) is 25.1. The SMILES string of the molecule is CC(C)=C(C)C(=O)CC[N+](C)(C)Cc1ccc(-c2c3ccc(=[N+](C)C)cc-3oc3cc(N(C)C)ccc23)cc1. The molecular formula is C34H43N3O2+2. The van der Waals surface area contributed by atoms with Crippen molar-refractivity contribution in [3.05, 3.63) is 82.7 Å². The van der Waals surface area contributed by atoms with Crippen molar-refractivity contribution in [2.24, 2.45) is 0 Å². The van der Waals surface area contributed by atoms with Gasteiger partial charge in [0.25, 0.3) is 0 Å². The number of Topliss-reactive ketones (excluding diaryl/α,β-unsaturated/α-hetero) is 1. The quantitative estimate of drug-likeness (QED) is 0.119. The predicted molar refractivity (Wildman–Crippen MR) is 164 cm³/mol. The van der Waals surface area contributed by atoms with Crippen LogP contribution in [0, 0.1) is 0 Å². The van der Waals surface area contributed by atoms with Crippen LogP contribution in [0.25, 0.3) is 33.4 Å². The van der Waals surface area contributed by atoms with Crippen molar-refractivity contribution in [3.63, 3.8) is 0 Å². The van der Waals surface area contributed by atoms with E-state index in [0.717, 1.165) is 62.1 Å². The van der Waals surface area contributed by atoms with Crippen molar-refractivity contribution in [1.82, 2.24) is 4.58 Å². The van der Waals surface area contributed by atoms with Crippen LogP contribution in [0.4, 0.5) is 5.69 Å². The second-order valence-electron chi connectivity index (χ2n) is 11.9. The number of quaternary nitrogens is 1. The minimum atomic E-state index is 0.250. The fourth-order valence-electron chi connectivity index (χ4n) is 4.96. The molecule has 0 saturated carbocycles. The van der Waals surface area contributed by atoms with Crippen LogP contribution in [0.5, 0.6) is 0 Å². The Bertz CT molecular complexity index is 1580. The molecule has 0 saturated heterocycles. The van der Waals surface area contributed by atoms with Crippen LogP contribution in [0.3, 0.4) is 0 Å². The molecule has 2 aromatic carbocycles. The predicted octanol–water partition coefficient (Wildman–Crippen LogP) is 6.19. The Kier molecular flexibility index (Phi) is 8.12. The summed E-state index contributed by atoms with van der Waals surface area (Å²) in [4.78, 5) is 14.6. The van der Waals surface area contributed by atoms with Gasteiger partial charge in [-0.3, -0.25) is 4.79 Å². The molecule has 0 atom stereocenters. The first-order valence-electron chi connectivity index (χ1n) is 13.6. The fraction of sp³-hybridized carbons (Fsp3) is 0.353. The van der Waals surface area contributed by atoms with E-state index in [-0.39, 0.29) is 5.78 Å². The van der Waals surface area contributed by atoms with Crippen LogP contribution in [-0.2, 0) is 11.3 Å². The molecule has 0 radical (unpaired) electrons. The number of fused-ring (bicyclic) bond motifs is 2. The first-order chi connectivity index (χ1) is 18.4. The van der Waals surface area contributed by atoms with Crippen LogP contribution in [0.15, 0.2) is 76.2 Å². The Hall–Kier alpha value is -3.70. The summed E-state index contributed by atoms with van der Waals surface area (Å²) in [5, 5.41) is 2.21. The second kappa shape index (κ2) is 11.2. The molecule has 0 aromatic heterocycles. The van der Waals surface area contributed by atoms with E-state index < -0.39 is 0 Å². The summed E-state index contributed by atoms with van der Waals surface area (Å²) in [5.74, 6) is 1.12. The summed E-state index contributed by atoms with van der Waals surface area (Å²) in [5.41, 5.74) is 8.68. The number of allylic oxidation sites excluding steroid dienone is 2. The Balaban J connectivity index is 1.71. The van der Waals surface area contributed by atoms with E-state index in [1.807, 2.05) is 49.0 Å². The Morgan fingerprint density at radius 3 is 2.23 bits per heavy atom. The molecule has 0 amide bonds. The van der Waals surface area contributed by atoms with E-state index in [2.05, 4.69) is 84.2 Å². The largest absolute Gasteiger partial charge is 0.456 e. The molecule has 1 aliphatic carbocycles. The van der Waals surface area contributed by atoms with Gasteiger partial charge in [-0.15, -0.1) is 0 Å². The third-order valence-electron chi connectivity index (χ3n) is 7.69. The lowest BCUT2D eigenvalue weighted by Gasteiger charge is -2.30. The number of ketones is 1. The average molecular weight is 526 g/mol. The number of hydrogen-bond donors (Lipinski definition) is 0. The van der Waals surface area contributed by atoms with Gasteiger partial charge in [-0.2, -0.15) is 0 Å². The molecule has 2 aromatic rings. The van der Waals surface area contributed by atoms with Gasteiger partial charge in [0, 0.05) is 54.0 Å². The zero-order valence-corrected chi connectivity index (χ0v) is 25.1. The molecule has 0 fully saturated rings. The van der Waals surface area contributed by atoms with Gasteiger partial charge < -0.3 is 13.8 Å². The first kappa shape index (κ1) is 28.3. The van der Waals surface area contributed by atoms with Crippen molar-refractivity contribution in [1.29, 1.82) is 0 Å². The standard InChI is InChI=1S/C34H43N3O2/c1-23(2)24(3)31(38)18-19-37(8,9)22-25-10-12-26(13-11-25)34-29-16-14-27(35(4)5)20-32(29)39-33-21-28(36(6)7)15-17-30(33)34/h10-17,20-21H,18-19,22H2,1-9H3/q+2. The summed E-state index contributed by atoms with van der Waals surface area (Å²) in [7, 11) is 12.6. The third kappa shape index (κ3) is 6.31. The number of carbonyl (C=O) groups is 1. The van der Waals surface area contributed by atoms with Crippen molar-refractivity contribution < 1.29 is 13.7 Å². The summed E-state index contributed by atoms with van der Waals surface area (Å²) >= 11 is 0. The van der Waals surface area contributed by atoms with Gasteiger partial charge in [0.1, 0.15) is 32.0 Å². The molecule has 5 heteroatoms. The highest BCUT2D eigenvalue weighted by Crippen LogP contribution is 2.40. The summed E-state index contributed by atoms with van der Waals surface area (Å²) in [6.07, 6.45) is 0.567. The van der Waals surface area contributed by atoms with E-state index in [1.165, 1.54) is 16.7 Å². The average Bonchev–Trinajstić information content (AvgIpc) is 2.89. The summed E-state index contributed by atoms with van der Waals surface area (Å²) in [6.45, 7) is 7.62. The Labute approximate surface area is 233 Å². The van der Waals surface area contributed by atoms with Crippen molar-refractivity contribution in [3.8, 4) is 22.5 Å². The van der Waals surface area contributed by atoms with Crippen LogP contribution < -0.4 is 14.8 Å². The maximum absolute atomic E-state index is 12.5. The number of hydrogen-bond acceptors (Lipinski definition) is 3. The van der Waals surface area contributed by atoms with E-state index >= 15 is 0 Å². The van der Waals surface area contributed by atoms with Gasteiger partial charge in [-0.1, -0.05) is 29.8 Å². The molecule has 2 aliphatic rings. The van der Waals surface area contributed by atoms with Gasteiger partial charge in [-0.25, -0.2) is 4.58 Å². The maximum atomic E-state index is 12.5. The monoisotopic (exact) mass is 525 g/mol. The Morgan fingerprint density at radius 1 is 0.923 bits per heavy atom. The van der Waals surface area contributed by atoms with E-state index in [1.54, 1.807) is 0 Å².